The smallest absolute Gasteiger partial charge is 0.318 e. The van der Waals surface area contributed by atoms with Crippen LogP contribution in [0.5, 0.6) is 0 Å². The second-order valence-electron chi connectivity index (χ2n) is 6.30. The Balaban J connectivity index is 1.55. The van der Waals surface area contributed by atoms with Gasteiger partial charge < -0.3 is 24.3 Å². The van der Waals surface area contributed by atoms with Gasteiger partial charge in [-0.25, -0.2) is 4.79 Å². The first-order valence-electron chi connectivity index (χ1n) is 8.60. The van der Waals surface area contributed by atoms with Crippen molar-refractivity contribution in [1.82, 2.24) is 10.2 Å². The third-order valence-electron chi connectivity index (χ3n) is 4.43. The van der Waals surface area contributed by atoms with Crippen LogP contribution in [0.1, 0.15) is 24.3 Å². The highest BCUT2D eigenvalue weighted by Crippen LogP contribution is 2.20. The number of furan rings is 1. The van der Waals surface area contributed by atoms with Gasteiger partial charge in [0.25, 0.3) is 0 Å². The lowest BCUT2D eigenvalue weighted by Gasteiger charge is -2.29. The molecule has 1 fully saturated rings. The number of morpholine rings is 1. The molecule has 1 aliphatic rings. The minimum absolute atomic E-state index is 0.0645. The maximum absolute atomic E-state index is 12.3. The number of hydrogen-bond acceptors (Lipinski definition) is 4. The number of urea groups is 1. The number of carbonyl (C=O) groups excluding carboxylic acids is 1. The molecule has 1 unspecified atom stereocenters. The summed E-state index contributed by atoms with van der Waals surface area (Å²) in [6.07, 6.45) is 1.61. The van der Waals surface area contributed by atoms with E-state index in [0.717, 1.165) is 37.6 Å². The van der Waals surface area contributed by atoms with Crippen LogP contribution in [0.25, 0.3) is 0 Å². The van der Waals surface area contributed by atoms with Gasteiger partial charge in [0.05, 0.1) is 32.1 Å². The van der Waals surface area contributed by atoms with Gasteiger partial charge in [-0.15, -0.1) is 0 Å². The van der Waals surface area contributed by atoms with Crippen LogP contribution in [0.2, 0.25) is 0 Å². The van der Waals surface area contributed by atoms with E-state index in [-0.39, 0.29) is 12.1 Å². The van der Waals surface area contributed by atoms with E-state index in [1.807, 2.05) is 19.1 Å². The van der Waals surface area contributed by atoms with Crippen LogP contribution < -0.4 is 10.2 Å². The molecule has 0 saturated carbocycles. The molecule has 0 aliphatic carbocycles. The quantitative estimate of drug-likeness (QED) is 0.907. The molecule has 2 heterocycles. The number of nitrogens with zero attached hydrogens (tertiary/aromatic N) is 2. The van der Waals surface area contributed by atoms with Gasteiger partial charge in [-0.05, 0) is 36.8 Å². The average molecular weight is 343 g/mol. The van der Waals surface area contributed by atoms with E-state index in [1.54, 1.807) is 18.2 Å². The van der Waals surface area contributed by atoms with Crippen molar-refractivity contribution in [3.8, 4) is 0 Å². The van der Waals surface area contributed by atoms with E-state index in [0.29, 0.717) is 6.54 Å². The van der Waals surface area contributed by atoms with E-state index >= 15 is 0 Å². The number of rotatable bonds is 5. The molecule has 1 aromatic heterocycles. The van der Waals surface area contributed by atoms with Crippen LogP contribution in [-0.4, -0.2) is 44.3 Å². The number of hydrogen-bond donors (Lipinski definition) is 1. The van der Waals surface area contributed by atoms with Gasteiger partial charge in [0.2, 0.25) is 0 Å². The summed E-state index contributed by atoms with van der Waals surface area (Å²) in [6, 6.07) is 11.8. The highest BCUT2D eigenvalue weighted by atomic mass is 16.5. The van der Waals surface area contributed by atoms with Crippen LogP contribution in [-0.2, 0) is 11.3 Å². The predicted molar refractivity (Wildman–Crippen MR) is 96.6 cm³/mol. The lowest BCUT2D eigenvalue weighted by atomic mass is 10.1. The molecule has 2 aromatic rings. The lowest BCUT2D eigenvalue weighted by Crippen LogP contribution is -2.38. The molecule has 1 aliphatic heterocycles. The molecule has 134 valence electrons. The summed E-state index contributed by atoms with van der Waals surface area (Å²) >= 11 is 0. The Labute approximate surface area is 148 Å². The molecule has 6 heteroatoms. The van der Waals surface area contributed by atoms with E-state index in [4.69, 9.17) is 9.15 Å². The van der Waals surface area contributed by atoms with Gasteiger partial charge in [0.1, 0.15) is 5.76 Å². The maximum Gasteiger partial charge on any atom is 0.318 e. The summed E-state index contributed by atoms with van der Waals surface area (Å²) in [7, 11) is 1.76. The molecular formula is C19H25N3O3. The number of anilines is 1. The van der Waals surface area contributed by atoms with Crippen LogP contribution in [0, 0.1) is 0 Å². The van der Waals surface area contributed by atoms with Crippen LogP contribution >= 0.6 is 0 Å². The number of benzene rings is 1. The fourth-order valence-corrected chi connectivity index (χ4v) is 2.88. The van der Waals surface area contributed by atoms with E-state index in [2.05, 4.69) is 34.5 Å². The molecule has 2 amide bonds. The molecule has 0 spiro atoms. The van der Waals surface area contributed by atoms with Gasteiger partial charge in [-0.2, -0.15) is 0 Å². The van der Waals surface area contributed by atoms with Gasteiger partial charge in [-0.1, -0.05) is 12.1 Å². The monoisotopic (exact) mass is 343 g/mol. The minimum Gasteiger partial charge on any atom is -0.467 e. The Hall–Kier alpha value is -2.47. The van der Waals surface area contributed by atoms with E-state index in [1.165, 1.54) is 5.69 Å². The highest BCUT2D eigenvalue weighted by molar-refractivity contribution is 5.74. The second kappa shape index (κ2) is 8.07. The van der Waals surface area contributed by atoms with Crippen molar-refractivity contribution in [2.45, 2.75) is 19.5 Å². The fraction of sp³-hybridized carbons (Fsp3) is 0.421. The van der Waals surface area contributed by atoms with Crippen LogP contribution in [0.3, 0.4) is 0 Å². The molecule has 0 bridgehead atoms. The molecule has 1 atom stereocenters. The summed E-state index contributed by atoms with van der Waals surface area (Å²) in [4.78, 5) is 16.2. The highest BCUT2D eigenvalue weighted by Gasteiger charge is 2.16. The molecule has 1 saturated heterocycles. The first kappa shape index (κ1) is 17.4. The molecule has 3 rings (SSSR count). The predicted octanol–water partition coefficient (Wildman–Crippen LogP) is 3.02. The Morgan fingerprint density at radius 3 is 2.60 bits per heavy atom. The van der Waals surface area contributed by atoms with Crippen LogP contribution in [0.4, 0.5) is 10.5 Å². The number of amides is 2. The van der Waals surface area contributed by atoms with Gasteiger partial charge in [-0.3, -0.25) is 0 Å². The third kappa shape index (κ3) is 4.54. The van der Waals surface area contributed by atoms with Crippen LogP contribution in [0.15, 0.2) is 47.1 Å². The van der Waals surface area contributed by atoms with Crippen molar-refractivity contribution in [2.24, 2.45) is 0 Å². The topological polar surface area (TPSA) is 58.0 Å². The molecule has 1 aromatic carbocycles. The average Bonchev–Trinajstić information content (AvgIpc) is 3.15. The zero-order valence-electron chi connectivity index (χ0n) is 14.8. The molecule has 6 nitrogen and oxygen atoms in total. The van der Waals surface area contributed by atoms with E-state index in [9.17, 15) is 4.79 Å². The normalized spacial score (nSPS) is 15.7. The van der Waals surface area contributed by atoms with Gasteiger partial charge >= 0.3 is 6.03 Å². The standard InChI is InChI=1S/C19H25N3O3/c1-15(20-19(23)21(2)14-18-4-3-11-25-18)16-5-7-17(8-6-16)22-9-12-24-13-10-22/h3-8,11,15H,9-10,12-14H2,1-2H3,(H,20,23). The summed E-state index contributed by atoms with van der Waals surface area (Å²) in [5.41, 5.74) is 2.28. The molecule has 25 heavy (non-hydrogen) atoms. The SMILES string of the molecule is CC(NC(=O)N(C)Cc1ccco1)c1ccc(N2CCOCC2)cc1. The third-order valence-corrected chi connectivity index (χ3v) is 4.43. The Kier molecular flexibility index (Phi) is 5.60. The number of carbonyl (C=O) groups is 1. The van der Waals surface area contributed by atoms with Crippen molar-refractivity contribution in [3.05, 3.63) is 54.0 Å². The van der Waals surface area contributed by atoms with Crippen molar-refractivity contribution >= 4 is 11.7 Å². The van der Waals surface area contributed by atoms with Crippen molar-refractivity contribution in [3.63, 3.8) is 0 Å². The van der Waals surface area contributed by atoms with Crippen molar-refractivity contribution in [1.29, 1.82) is 0 Å². The Morgan fingerprint density at radius 2 is 1.96 bits per heavy atom. The number of nitrogens with one attached hydrogen (secondary N) is 1. The Bertz CT molecular complexity index is 664. The lowest BCUT2D eigenvalue weighted by molar-refractivity contribution is 0.122. The maximum atomic E-state index is 12.3. The summed E-state index contributed by atoms with van der Waals surface area (Å²) in [6.45, 7) is 5.82. The molecule has 1 N–H and O–H groups in total. The first-order valence-corrected chi connectivity index (χ1v) is 8.60. The summed E-state index contributed by atoms with van der Waals surface area (Å²) < 4.78 is 10.7. The van der Waals surface area contributed by atoms with E-state index < -0.39 is 0 Å². The Morgan fingerprint density at radius 1 is 1.24 bits per heavy atom. The van der Waals surface area contributed by atoms with Gasteiger partial charge in [0.15, 0.2) is 0 Å². The van der Waals surface area contributed by atoms with Crippen molar-refractivity contribution < 1.29 is 13.9 Å². The zero-order valence-corrected chi connectivity index (χ0v) is 14.8. The summed E-state index contributed by atoms with van der Waals surface area (Å²) in [5, 5.41) is 3.02. The molecule has 0 radical (unpaired) electrons. The number of ether oxygens (including phenoxy) is 1. The first-order chi connectivity index (χ1) is 12.1. The fourth-order valence-electron chi connectivity index (χ4n) is 2.88. The van der Waals surface area contributed by atoms with Gasteiger partial charge in [0, 0.05) is 25.8 Å². The second-order valence-corrected chi connectivity index (χ2v) is 6.30. The molecular weight excluding hydrogens is 318 g/mol. The minimum atomic E-state index is -0.124. The largest absolute Gasteiger partial charge is 0.467 e. The van der Waals surface area contributed by atoms with Crippen molar-refractivity contribution in [2.75, 3.05) is 38.3 Å². The summed E-state index contributed by atoms with van der Waals surface area (Å²) in [5.74, 6) is 0.764. The zero-order chi connectivity index (χ0) is 17.6.